The number of methoxy groups -OCH3 is 2. The molecule has 2 heterocycles. The zero-order valence-electron chi connectivity index (χ0n) is 15.3. The summed E-state index contributed by atoms with van der Waals surface area (Å²) < 4.78 is 13.1. The van der Waals surface area contributed by atoms with Crippen molar-refractivity contribution in [2.45, 2.75) is 13.2 Å². The Kier molecular flexibility index (Phi) is 5.01. The number of nitrogens with zero attached hydrogens (tertiary/aromatic N) is 4. The van der Waals surface area contributed by atoms with Crippen molar-refractivity contribution in [2.24, 2.45) is 0 Å². The van der Waals surface area contributed by atoms with Gasteiger partial charge in [0.25, 0.3) is 0 Å². The number of hydrogen-bond acceptors (Lipinski definition) is 7. The standard InChI is InChI=1S/C19H18BrN5O3/c1-27-12-6-11(7-13(8-12)28-2)9-21-19-23-17-14(4-3-5-15(17)20)18-22-16(10-26)24-25(18)19/h3-8,26H,9-10H2,1-2H3,(H,21,23). The number of aliphatic hydroxyl groups excluding tert-OH is 1. The first-order chi connectivity index (χ1) is 13.6. The zero-order chi connectivity index (χ0) is 19.7. The highest BCUT2D eigenvalue weighted by Gasteiger charge is 2.15. The van der Waals surface area contributed by atoms with Gasteiger partial charge in [0.2, 0.25) is 5.95 Å². The number of rotatable bonds is 6. The predicted octanol–water partition coefficient (Wildman–Crippen LogP) is 3.16. The minimum atomic E-state index is -0.246. The van der Waals surface area contributed by atoms with Gasteiger partial charge in [-0.2, -0.15) is 4.52 Å². The molecule has 4 aromatic rings. The van der Waals surface area contributed by atoms with E-state index in [0.29, 0.717) is 35.5 Å². The molecule has 9 heteroatoms. The highest BCUT2D eigenvalue weighted by atomic mass is 79.9. The molecule has 8 nitrogen and oxygen atoms in total. The van der Waals surface area contributed by atoms with Crippen LogP contribution in [0.3, 0.4) is 0 Å². The molecule has 2 aromatic carbocycles. The van der Waals surface area contributed by atoms with E-state index >= 15 is 0 Å². The van der Waals surface area contributed by atoms with Gasteiger partial charge in [0, 0.05) is 22.5 Å². The number of hydrogen-bond donors (Lipinski definition) is 2. The number of ether oxygens (including phenoxy) is 2. The van der Waals surface area contributed by atoms with Gasteiger partial charge in [-0.1, -0.05) is 6.07 Å². The van der Waals surface area contributed by atoms with Crippen molar-refractivity contribution in [3.63, 3.8) is 0 Å². The van der Waals surface area contributed by atoms with Crippen molar-refractivity contribution in [3.8, 4) is 11.5 Å². The van der Waals surface area contributed by atoms with Crippen LogP contribution in [0.2, 0.25) is 0 Å². The molecular formula is C19H18BrN5O3. The molecule has 2 N–H and O–H groups in total. The number of para-hydroxylation sites is 1. The average Bonchev–Trinajstić information content (AvgIpc) is 3.17. The summed E-state index contributed by atoms with van der Waals surface area (Å²) in [7, 11) is 3.23. The fourth-order valence-electron chi connectivity index (χ4n) is 2.97. The quantitative estimate of drug-likeness (QED) is 0.472. The second-order valence-corrected chi connectivity index (χ2v) is 6.92. The Morgan fingerprint density at radius 3 is 2.54 bits per heavy atom. The van der Waals surface area contributed by atoms with Gasteiger partial charge < -0.3 is 19.9 Å². The molecular weight excluding hydrogens is 426 g/mol. The maximum Gasteiger partial charge on any atom is 0.226 e. The van der Waals surface area contributed by atoms with E-state index in [9.17, 15) is 5.11 Å². The predicted molar refractivity (Wildman–Crippen MR) is 109 cm³/mol. The maximum absolute atomic E-state index is 9.46. The normalized spacial score (nSPS) is 11.1. The Hall–Kier alpha value is -2.91. The molecule has 0 saturated carbocycles. The number of anilines is 1. The van der Waals surface area contributed by atoms with Crippen molar-refractivity contribution >= 4 is 38.4 Å². The van der Waals surface area contributed by atoms with Gasteiger partial charge in [0.15, 0.2) is 11.5 Å². The second kappa shape index (κ2) is 7.61. The maximum atomic E-state index is 9.46. The van der Waals surface area contributed by atoms with E-state index in [1.54, 1.807) is 18.7 Å². The van der Waals surface area contributed by atoms with Crippen molar-refractivity contribution in [2.75, 3.05) is 19.5 Å². The van der Waals surface area contributed by atoms with E-state index in [0.717, 1.165) is 20.9 Å². The smallest absolute Gasteiger partial charge is 0.226 e. The first kappa shape index (κ1) is 18.5. The Balaban J connectivity index is 1.77. The van der Waals surface area contributed by atoms with Gasteiger partial charge in [-0.05, 0) is 45.8 Å². The van der Waals surface area contributed by atoms with Gasteiger partial charge in [-0.15, -0.1) is 5.10 Å². The van der Waals surface area contributed by atoms with Crippen LogP contribution in [0.25, 0.3) is 16.6 Å². The van der Waals surface area contributed by atoms with Gasteiger partial charge in [0.1, 0.15) is 18.1 Å². The summed E-state index contributed by atoms with van der Waals surface area (Å²) in [6.45, 7) is 0.226. The molecule has 0 fully saturated rings. The Bertz CT molecular complexity index is 1140. The fourth-order valence-corrected chi connectivity index (χ4v) is 3.43. The van der Waals surface area contributed by atoms with Crippen LogP contribution in [0, 0.1) is 0 Å². The molecule has 0 spiro atoms. The van der Waals surface area contributed by atoms with Gasteiger partial charge in [-0.25, -0.2) is 9.97 Å². The van der Waals surface area contributed by atoms with Crippen LogP contribution in [0.1, 0.15) is 11.4 Å². The van der Waals surface area contributed by atoms with Crippen molar-refractivity contribution in [1.29, 1.82) is 0 Å². The summed E-state index contributed by atoms with van der Waals surface area (Å²) >= 11 is 3.54. The molecule has 0 bridgehead atoms. The minimum absolute atomic E-state index is 0.246. The fraction of sp³-hybridized carbons (Fsp3) is 0.211. The van der Waals surface area contributed by atoms with E-state index in [1.165, 1.54) is 0 Å². The van der Waals surface area contributed by atoms with Crippen molar-refractivity contribution in [1.82, 2.24) is 19.6 Å². The van der Waals surface area contributed by atoms with Crippen LogP contribution in [0.15, 0.2) is 40.9 Å². The first-order valence-electron chi connectivity index (χ1n) is 8.53. The lowest BCUT2D eigenvalue weighted by molar-refractivity contribution is 0.271. The molecule has 0 radical (unpaired) electrons. The highest BCUT2D eigenvalue weighted by molar-refractivity contribution is 9.10. The number of fused-ring (bicyclic) bond motifs is 3. The molecule has 0 atom stereocenters. The lowest BCUT2D eigenvalue weighted by Gasteiger charge is -2.12. The summed E-state index contributed by atoms with van der Waals surface area (Å²) in [5.74, 6) is 2.27. The first-order valence-corrected chi connectivity index (χ1v) is 9.32. The van der Waals surface area contributed by atoms with Gasteiger partial charge in [-0.3, -0.25) is 0 Å². The molecule has 4 rings (SSSR count). The minimum Gasteiger partial charge on any atom is -0.497 e. The third-order valence-electron chi connectivity index (χ3n) is 4.30. The number of benzene rings is 2. The van der Waals surface area contributed by atoms with E-state index in [-0.39, 0.29) is 6.61 Å². The van der Waals surface area contributed by atoms with Crippen LogP contribution < -0.4 is 14.8 Å². The van der Waals surface area contributed by atoms with Crippen LogP contribution in [-0.4, -0.2) is 38.9 Å². The molecule has 0 amide bonds. The number of aliphatic hydroxyl groups is 1. The third-order valence-corrected chi connectivity index (χ3v) is 4.94. The molecule has 0 aliphatic carbocycles. The van der Waals surface area contributed by atoms with Crippen LogP contribution in [0.5, 0.6) is 11.5 Å². The van der Waals surface area contributed by atoms with E-state index < -0.39 is 0 Å². The van der Waals surface area contributed by atoms with Crippen LogP contribution in [-0.2, 0) is 13.2 Å². The third kappa shape index (κ3) is 3.34. The van der Waals surface area contributed by atoms with Crippen molar-refractivity contribution in [3.05, 3.63) is 52.3 Å². The molecule has 0 aliphatic rings. The van der Waals surface area contributed by atoms with E-state index in [2.05, 4.69) is 31.3 Å². The monoisotopic (exact) mass is 443 g/mol. The lowest BCUT2D eigenvalue weighted by atomic mass is 10.2. The van der Waals surface area contributed by atoms with E-state index in [4.69, 9.17) is 14.5 Å². The summed E-state index contributed by atoms with van der Waals surface area (Å²) in [5, 5.41) is 18.0. The topological polar surface area (TPSA) is 93.8 Å². The molecule has 0 saturated heterocycles. The molecule has 2 aromatic heterocycles. The largest absolute Gasteiger partial charge is 0.497 e. The van der Waals surface area contributed by atoms with Crippen molar-refractivity contribution < 1.29 is 14.6 Å². The van der Waals surface area contributed by atoms with Crippen LogP contribution in [0.4, 0.5) is 5.95 Å². The SMILES string of the molecule is COc1cc(CNc2nc3c(Br)cccc3c3nc(CO)nn23)cc(OC)c1. The zero-order valence-corrected chi connectivity index (χ0v) is 16.9. The summed E-state index contributed by atoms with van der Waals surface area (Å²) in [4.78, 5) is 9.14. The van der Waals surface area contributed by atoms with Crippen LogP contribution >= 0.6 is 15.9 Å². The van der Waals surface area contributed by atoms with Gasteiger partial charge in [0.05, 0.1) is 19.7 Å². The second-order valence-electron chi connectivity index (χ2n) is 6.07. The number of aromatic nitrogens is 4. The van der Waals surface area contributed by atoms with E-state index in [1.807, 2.05) is 36.4 Å². The lowest BCUT2D eigenvalue weighted by Crippen LogP contribution is -2.08. The molecule has 28 heavy (non-hydrogen) atoms. The summed E-state index contributed by atoms with van der Waals surface area (Å²) in [5.41, 5.74) is 2.35. The molecule has 0 unspecified atom stereocenters. The average molecular weight is 444 g/mol. The Morgan fingerprint density at radius 2 is 1.86 bits per heavy atom. The highest BCUT2D eigenvalue weighted by Crippen LogP contribution is 2.28. The van der Waals surface area contributed by atoms with Gasteiger partial charge >= 0.3 is 0 Å². The number of nitrogens with one attached hydrogen (secondary N) is 1. The molecule has 0 aliphatic heterocycles. The molecule has 144 valence electrons. The summed E-state index contributed by atoms with van der Waals surface area (Å²) in [6, 6.07) is 11.4. The summed E-state index contributed by atoms with van der Waals surface area (Å²) in [6.07, 6.45) is 0. The number of halogens is 1. The Morgan fingerprint density at radius 1 is 1.11 bits per heavy atom. The Labute approximate surface area is 169 Å².